The number of carboxylic acid groups (broad SMARTS) is 1. The smallest absolute Gasteiger partial charge is 0.317 e. The van der Waals surface area contributed by atoms with Gasteiger partial charge in [0.1, 0.15) is 5.76 Å². The Labute approximate surface area is 111 Å². The molecule has 0 aliphatic carbocycles. The number of carboxylic acids is 1. The van der Waals surface area contributed by atoms with E-state index in [4.69, 9.17) is 9.52 Å². The summed E-state index contributed by atoms with van der Waals surface area (Å²) in [6, 6.07) is 3.29. The van der Waals surface area contributed by atoms with Crippen molar-refractivity contribution in [2.45, 2.75) is 19.9 Å². The number of hydrogen-bond acceptors (Lipinski definition) is 3. The molecule has 2 rings (SSSR count). The number of piperidine rings is 1. The first kappa shape index (κ1) is 13.5. The minimum atomic E-state index is -0.838. The van der Waals surface area contributed by atoms with Gasteiger partial charge in [0.2, 0.25) is 0 Å². The van der Waals surface area contributed by atoms with E-state index in [2.05, 4.69) is 5.32 Å². The van der Waals surface area contributed by atoms with Gasteiger partial charge in [0.25, 0.3) is 0 Å². The number of rotatable bonds is 3. The predicted molar refractivity (Wildman–Crippen MR) is 67.4 cm³/mol. The van der Waals surface area contributed by atoms with E-state index in [1.807, 2.05) is 6.92 Å². The van der Waals surface area contributed by atoms with E-state index >= 15 is 0 Å². The van der Waals surface area contributed by atoms with Gasteiger partial charge in [-0.1, -0.05) is 6.92 Å². The Bertz CT molecular complexity index is 444. The number of carbonyl (C=O) groups excluding carboxylic acids is 1. The minimum absolute atomic E-state index is 0.198. The largest absolute Gasteiger partial charge is 0.481 e. The van der Waals surface area contributed by atoms with Crippen LogP contribution >= 0.6 is 0 Å². The quantitative estimate of drug-likeness (QED) is 0.869. The fourth-order valence-corrected chi connectivity index (χ4v) is 2.38. The highest BCUT2D eigenvalue weighted by molar-refractivity contribution is 5.76. The second kappa shape index (κ2) is 5.77. The van der Waals surface area contributed by atoms with Crippen LogP contribution in [0.25, 0.3) is 0 Å². The number of amides is 2. The molecule has 6 nitrogen and oxygen atoms in total. The molecule has 2 atom stereocenters. The number of carbonyl (C=O) groups is 2. The molecule has 0 aromatic carbocycles. The van der Waals surface area contributed by atoms with E-state index in [0.29, 0.717) is 25.3 Å². The van der Waals surface area contributed by atoms with Crippen molar-refractivity contribution in [2.24, 2.45) is 11.8 Å². The Hall–Kier alpha value is -1.98. The summed E-state index contributed by atoms with van der Waals surface area (Å²) in [7, 11) is 0. The number of likely N-dealkylation sites (tertiary alicyclic amines) is 1. The molecule has 1 aromatic heterocycles. The standard InChI is InChI=1S/C13H18N2O4/c1-9-5-10(12(16)17)8-15(7-9)13(18)14-6-11-3-2-4-19-11/h2-4,9-10H,5-8H2,1H3,(H,14,18)(H,16,17). The van der Waals surface area contributed by atoms with Crippen LogP contribution in [0, 0.1) is 11.8 Å². The average molecular weight is 266 g/mol. The maximum atomic E-state index is 12.0. The van der Waals surface area contributed by atoms with E-state index in [0.717, 1.165) is 0 Å². The van der Waals surface area contributed by atoms with Crippen molar-refractivity contribution >= 4 is 12.0 Å². The van der Waals surface area contributed by atoms with Crippen LogP contribution in [0.2, 0.25) is 0 Å². The Kier molecular flexibility index (Phi) is 4.09. The van der Waals surface area contributed by atoms with Gasteiger partial charge in [-0.2, -0.15) is 0 Å². The highest BCUT2D eigenvalue weighted by Gasteiger charge is 2.31. The number of furan rings is 1. The third kappa shape index (κ3) is 3.49. The summed E-state index contributed by atoms with van der Waals surface area (Å²) in [5.41, 5.74) is 0. The van der Waals surface area contributed by atoms with Gasteiger partial charge in [0.15, 0.2) is 0 Å². The van der Waals surface area contributed by atoms with Crippen LogP contribution in [0.1, 0.15) is 19.1 Å². The first-order chi connectivity index (χ1) is 9.06. The SMILES string of the molecule is CC1CC(C(=O)O)CN(C(=O)NCc2ccco2)C1. The summed E-state index contributed by atoms with van der Waals surface area (Å²) >= 11 is 0. The van der Waals surface area contributed by atoms with Gasteiger partial charge in [-0.05, 0) is 24.5 Å². The third-order valence-corrected chi connectivity index (χ3v) is 3.29. The summed E-state index contributed by atoms with van der Waals surface area (Å²) in [5.74, 6) is -0.439. The van der Waals surface area contributed by atoms with Crippen molar-refractivity contribution in [1.82, 2.24) is 10.2 Å². The molecule has 2 amide bonds. The normalized spacial score (nSPS) is 23.1. The number of nitrogens with zero attached hydrogens (tertiary/aromatic N) is 1. The highest BCUT2D eigenvalue weighted by Crippen LogP contribution is 2.21. The van der Waals surface area contributed by atoms with E-state index in [1.165, 1.54) is 0 Å². The maximum absolute atomic E-state index is 12.0. The molecule has 0 radical (unpaired) electrons. The van der Waals surface area contributed by atoms with Crippen molar-refractivity contribution in [3.63, 3.8) is 0 Å². The highest BCUT2D eigenvalue weighted by atomic mass is 16.4. The van der Waals surface area contributed by atoms with Crippen molar-refractivity contribution in [1.29, 1.82) is 0 Å². The number of aliphatic carboxylic acids is 1. The lowest BCUT2D eigenvalue weighted by molar-refractivity contribution is -0.143. The Morgan fingerprint density at radius 3 is 2.95 bits per heavy atom. The molecule has 0 spiro atoms. The van der Waals surface area contributed by atoms with Crippen LogP contribution in [0.3, 0.4) is 0 Å². The van der Waals surface area contributed by atoms with Gasteiger partial charge in [-0.15, -0.1) is 0 Å². The molecule has 19 heavy (non-hydrogen) atoms. The molecule has 1 fully saturated rings. The third-order valence-electron chi connectivity index (χ3n) is 3.29. The fraction of sp³-hybridized carbons (Fsp3) is 0.538. The number of urea groups is 1. The molecule has 0 saturated carbocycles. The molecule has 1 aliphatic rings. The van der Waals surface area contributed by atoms with Crippen LogP contribution in [0.4, 0.5) is 4.79 Å². The summed E-state index contributed by atoms with van der Waals surface area (Å²) in [6.07, 6.45) is 2.17. The molecule has 2 N–H and O–H groups in total. The Morgan fingerprint density at radius 1 is 1.53 bits per heavy atom. The lowest BCUT2D eigenvalue weighted by Gasteiger charge is -2.34. The molecule has 1 aromatic rings. The topological polar surface area (TPSA) is 82.8 Å². The van der Waals surface area contributed by atoms with Crippen LogP contribution in [0.15, 0.2) is 22.8 Å². The van der Waals surface area contributed by atoms with E-state index in [-0.39, 0.29) is 18.5 Å². The van der Waals surface area contributed by atoms with Crippen LogP contribution in [-0.2, 0) is 11.3 Å². The second-order valence-corrected chi connectivity index (χ2v) is 5.02. The number of hydrogen-bond donors (Lipinski definition) is 2. The summed E-state index contributed by atoms with van der Waals surface area (Å²) in [4.78, 5) is 24.6. The van der Waals surface area contributed by atoms with Gasteiger partial charge in [0.05, 0.1) is 18.7 Å². The molecule has 104 valence electrons. The lowest BCUT2D eigenvalue weighted by Crippen LogP contribution is -2.49. The molecule has 0 bridgehead atoms. The molecule has 6 heteroatoms. The maximum Gasteiger partial charge on any atom is 0.317 e. The summed E-state index contributed by atoms with van der Waals surface area (Å²) < 4.78 is 5.12. The van der Waals surface area contributed by atoms with E-state index in [9.17, 15) is 9.59 Å². The van der Waals surface area contributed by atoms with Gasteiger partial charge in [0, 0.05) is 13.1 Å². The van der Waals surface area contributed by atoms with Crippen LogP contribution in [0.5, 0.6) is 0 Å². The molecule has 1 saturated heterocycles. The summed E-state index contributed by atoms with van der Waals surface area (Å²) in [6.45, 7) is 3.13. The minimum Gasteiger partial charge on any atom is -0.481 e. The van der Waals surface area contributed by atoms with Crippen molar-refractivity contribution in [3.8, 4) is 0 Å². The van der Waals surface area contributed by atoms with Crippen molar-refractivity contribution in [2.75, 3.05) is 13.1 Å². The average Bonchev–Trinajstić information content (AvgIpc) is 2.88. The van der Waals surface area contributed by atoms with E-state index < -0.39 is 11.9 Å². The van der Waals surface area contributed by atoms with Gasteiger partial charge >= 0.3 is 12.0 Å². The van der Waals surface area contributed by atoms with Crippen LogP contribution in [-0.4, -0.2) is 35.1 Å². The van der Waals surface area contributed by atoms with Crippen LogP contribution < -0.4 is 5.32 Å². The molecule has 1 aliphatic heterocycles. The molecule has 2 unspecified atom stereocenters. The predicted octanol–water partition coefficient (Wildman–Crippen LogP) is 1.53. The van der Waals surface area contributed by atoms with Gasteiger partial charge < -0.3 is 19.7 Å². The zero-order valence-electron chi connectivity index (χ0n) is 10.8. The second-order valence-electron chi connectivity index (χ2n) is 5.02. The first-order valence-corrected chi connectivity index (χ1v) is 6.34. The Balaban J connectivity index is 1.89. The zero-order chi connectivity index (χ0) is 13.8. The molecular weight excluding hydrogens is 248 g/mol. The lowest BCUT2D eigenvalue weighted by atomic mass is 9.91. The molecule has 2 heterocycles. The summed E-state index contributed by atoms with van der Waals surface area (Å²) in [5, 5.41) is 11.8. The van der Waals surface area contributed by atoms with Crippen molar-refractivity contribution < 1.29 is 19.1 Å². The van der Waals surface area contributed by atoms with Gasteiger partial charge in [-0.3, -0.25) is 4.79 Å². The number of nitrogens with one attached hydrogen (secondary N) is 1. The fourth-order valence-electron chi connectivity index (χ4n) is 2.38. The molecular formula is C13H18N2O4. The van der Waals surface area contributed by atoms with Crippen molar-refractivity contribution in [3.05, 3.63) is 24.2 Å². The first-order valence-electron chi connectivity index (χ1n) is 6.34. The zero-order valence-corrected chi connectivity index (χ0v) is 10.8. The monoisotopic (exact) mass is 266 g/mol. The van der Waals surface area contributed by atoms with Gasteiger partial charge in [-0.25, -0.2) is 4.79 Å². The Morgan fingerprint density at radius 2 is 2.32 bits per heavy atom. The van der Waals surface area contributed by atoms with E-state index in [1.54, 1.807) is 23.3 Å².